The summed E-state index contributed by atoms with van der Waals surface area (Å²) >= 11 is 0. The van der Waals surface area contributed by atoms with E-state index in [1.807, 2.05) is 7.05 Å². The Kier molecular flexibility index (Phi) is 11.8. The normalized spacial score (nSPS) is 21.7. The minimum absolute atomic E-state index is 0.0293. The van der Waals surface area contributed by atoms with E-state index in [1.54, 1.807) is 4.90 Å². The van der Waals surface area contributed by atoms with Crippen molar-refractivity contribution in [2.75, 3.05) is 60.2 Å². The van der Waals surface area contributed by atoms with Crippen LogP contribution < -0.4 is 16.0 Å². The highest BCUT2D eigenvalue weighted by atomic mass is 19.1. The number of piperidine rings is 1. The summed E-state index contributed by atoms with van der Waals surface area (Å²) < 4.78 is 44.3. The van der Waals surface area contributed by atoms with Crippen molar-refractivity contribution in [3.05, 3.63) is 35.4 Å². The van der Waals surface area contributed by atoms with Crippen LogP contribution in [-0.2, 0) is 14.2 Å². The maximum absolute atomic E-state index is 14.1. The molecule has 0 aromatic heterocycles. The number of nitrogens with zero attached hydrogens (tertiary/aromatic N) is 1. The summed E-state index contributed by atoms with van der Waals surface area (Å²) in [6.07, 6.45) is 3.21. The van der Waals surface area contributed by atoms with Gasteiger partial charge in [-0.25, -0.2) is 18.4 Å². The van der Waals surface area contributed by atoms with E-state index in [4.69, 9.17) is 9.47 Å². The van der Waals surface area contributed by atoms with Crippen LogP contribution in [0.1, 0.15) is 43.8 Å². The van der Waals surface area contributed by atoms with Gasteiger partial charge in [-0.1, -0.05) is 0 Å². The van der Waals surface area contributed by atoms with Crippen molar-refractivity contribution >= 4 is 12.1 Å². The second-order valence-electron chi connectivity index (χ2n) is 9.78. The van der Waals surface area contributed by atoms with Gasteiger partial charge in [-0.05, 0) is 62.8 Å². The molecule has 4 atom stereocenters. The van der Waals surface area contributed by atoms with Gasteiger partial charge in [0.15, 0.2) is 0 Å². The van der Waals surface area contributed by atoms with E-state index in [0.717, 1.165) is 51.4 Å². The Labute approximate surface area is 217 Å². The van der Waals surface area contributed by atoms with E-state index >= 15 is 0 Å². The van der Waals surface area contributed by atoms with Gasteiger partial charge in [-0.2, -0.15) is 0 Å². The number of hydrogen-bond donors (Lipinski definition) is 3. The standard InChI is InChI=1S/C26H40F2N4O5/c1-29-15-23(11-18-5-4-9-36-17-18)31-25(33)32-8-3-6-19(16-32)24(37-10-7-30-26(34)35-2)20-12-21(27)14-22(28)13-20/h12-14,18-19,23-24,29H,3-11,15-17H2,1-2H3,(H,30,34)(H,31,33)/t18-,19+,23-,24+/m0/s1. The molecule has 0 bridgehead atoms. The van der Waals surface area contributed by atoms with Crippen LogP contribution in [0.2, 0.25) is 0 Å². The highest BCUT2D eigenvalue weighted by molar-refractivity contribution is 5.74. The fourth-order valence-electron chi connectivity index (χ4n) is 5.20. The summed E-state index contributed by atoms with van der Waals surface area (Å²) in [4.78, 5) is 26.3. The zero-order valence-corrected chi connectivity index (χ0v) is 21.8. The SMILES string of the molecule is CNC[C@H](C[C@@H]1CCCOC1)NC(=O)N1CCC[C@@H]([C@@H](OCCNC(=O)OC)c2cc(F)cc(F)c2)C1. The Morgan fingerprint density at radius 1 is 1.19 bits per heavy atom. The average Bonchev–Trinajstić information content (AvgIpc) is 2.88. The maximum atomic E-state index is 14.1. The number of likely N-dealkylation sites (tertiary alicyclic amines) is 1. The quantitative estimate of drug-likeness (QED) is 0.383. The molecule has 2 aliphatic rings. The van der Waals surface area contributed by atoms with Gasteiger partial charge in [0.05, 0.1) is 19.8 Å². The number of alkyl carbamates (subject to hydrolysis) is 1. The molecule has 0 spiro atoms. The Morgan fingerprint density at radius 3 is 2.65 bits per heavy atom. The first-order valence-electron chi connectivity index (χ1n) is 13.1. The van der Waals surface area contributed by atoms with Crippen molar-refractivity contribution in [2.24, 2.45) is 11.8 Å². The summed E-state index contributed by atoms with van der Waals surface area (Å²) in [6.45, 7) is 3.44. The van der Waals surface area contributed by atoms with Crippen molar-refractivity contribution < 1.29 is 32.6 Å². The van der Waals surface area contributed by atoms with E-state index in [-0.39, 0.29) is 31.1 Å². The third-order valence-corrected chi connectivity index (χ3v) is 6.89. The zero-order chi connectivity index (χ0) is 26.6. The fraction of sp³-hybridized carbons (Fsp3) is 0.692. The van der Waals surface area contributed by atoms with E-state index in [2.05, 4.69) is 20.7 Å². The molecule has 2 heterocycles. The third kappa shape index (κ3) is 9.39. The van der Waals surface area contributed by atoms with Gasteiger partial charge in [0.1, 0.15) is 11.6 Å². The lowest BCUT2D eigenvalue weighted by atomic mass is 9.88. The molecule has 2 saturated heterocycles. The van der Waals surface area contributed by atoms with Crippen molar-refractivity contribution in [2.45, 2.75) is 44.2 Å². The van der Waals surface area contributed by atoms with Gasteiger partial charge in [0.2, 0.25) is 0 Å². The number of methoxy groups -OCH3 is 1. The first-order valence-corrected chi connectivity index (χ1v) is 13.1. The van der Waals surface area contributed by atoms with Crippen molar-refractivity contribution in [1.82, 2.24) is 20.9 Å². The van der Waals surface area contributed by atoms with Gasteiger partial charge < -0.3 is 35.1 Å². The second kappa shape index (κ2) is 15.0. The number of nitrogens with one attached hydrogen (secondary N) is 3. The number of carbonyl (C=O) groups excluding carboxylic acids is 2. The monoisotopic (exact) mass is 526 g/mol. The number of hydrogen-bond acceptors (Lipinski definition) is 6. The first kappa shape index (κ1) is 29.1. The van der Waals surface area contributed by atoms with Gasteiger partial charge in [0.25, 0.3) is 0 Å². The summed E-state index contributed by atoms with van der Waals surface area (Å²) in [6, 6.07) is 3.15. The molecule has 1 aromatic carbocycles. The van der Waals surface area contributed by atoms with Crippen LogP contribution in [0.5, 0.6) is 0 Å². The summed E-state index contributed by atoms with van der Waals surface area (Å²) in [5.41, 5.74) is 0.369. The van der Waals surface area contributed by atoms with Crippen molar-refractivity contribution in [1.29, 1.82) is 0 Å². The number of carbonyl (C=O) groups is 2. The van der Waals surface area contributed by atoms with Crippen LogP contribution in [0, 0.1) is 23.5 Å². The number of benzene rings is 1. The lowest BCUT2D eigenvalue weighted by Gasteiger charge is -2.38. The van der Waals surface area contributed by atoms with Crippen LogP contribution in [0.4, 0.5) is 18.4 Å². The zero-order valence-electron chi connectivity index (χ0n) is 21.8. The van der Waals surface area contributed by atoms with Gasteiger partial charge in [-0.15, -0.1) is 0 Å². The Balaban J connectivity index is 1.65. The first-order chi connectivity index (χ1) is 17.9. The number of rotatable bonds is 11. The van der Waals surface area contributed by atoms with Crippen LogP contribution in [0.25, 0.3) is 0 Å². The van der Waals surface area contributed by atoms with Crippen LogP contribution >= 0.6 is 0 Å². The number of halogens is 2. The third-order valence-electron chi connectivity index (χ3n) is 6.89. The summed E-state index contributed by atoms with van der Waals surface area (Å²) in [7, 11) is 3.13. The molecule has 3 rings (SSSR count). The lowest BCUT2D eigenvalue weighted by Crippen LogP contribution is -2.52. The van der Waals surface area contributed by atoms with Crippen LogP contribution in [0.3, 0.4) is 0 Å². The summed E-state index contributed by atoms with van der Waals surface area (Å²) in [5, 5.41) is 8.87. The molecule has 9 nitrogen and oxygen atoms in total. The van der Waals surface area contributed by atoms with Crippen molar-refractivity contribution in [3.8, 4) is 0 Å². The molecule has 37 heavy (non-hydrogen) atoms. The largest absolute Gasteiger partial charge is 0.453 e. The lowest BCUT2D eigenvalue weighted by molar-refractivity contribution is -0.00905. The van der Waals surface area contributed by atoms with E-state index < -0.39 is 23.8 Å². The molecule has 3 N–H and O–H groups in total. The minimum atomic E-state index is -0.691. The average molecular weight is 527 g/mol. The molecule has 208 valence electrons. The van der Waals surface area contributed by atoms with Gasteiger partial charge in [-0.3, -0.25) is 0 Å². The van der Waals surface area contributed by atoms with E-state index in [1.165, 1.54) is 19.2 Å². The van der Waals surface area contributed by atoms with E-state index in [9.17, 15) is 18.4 Å². The molecule has 2 aliphatic heterocycles. The molecule has 0 aliphatic carbocycles. The number of ether oxygens (including phenoxy) is 3. The van der Waals surface area contributed by atoms with Crippen LogP contribution in [-0.4, -0.2) is 83.2 Å². The molecule has 0 saturated carbocycles. The molecule has 0 radical (unpaired) electrons. The molecule has 3 amide bonds. The molecular formula is C26H40F2N4O5. The Bertz CT molecular complexity index is 851. The van der Waals surface area contributed by atoms with Gasteiger partial charge in [0, 0.05) is 57.4 Å². The number of amides is 3. The molecule has 0 unspecified atom stereocenters. The molecule has 1 aromatic rings. The Morgan fingerprint density at radius 2 is 1.97 bits per heavy atom. The molecular weight excluding hydrogens is 486 g/mol. The smallest absolute Gasteiger partial charge is 0.406 e. The fourth-order valence-corrected chi connectivity index (χ4v) is 5.20. The highest BCUT2D eigenvalue weighted by Gasteiger charge is 2.32. The highest BCUT2D eigenvalue weighted by Crippen LogP contribution is 2.34. The molecule has 11 heteroatoms. The molecule has 2 fully saturated rings. The summed E-state index contributed by atoms with van der Waals surface area (Å²) in [5.74, 6) is -1.14. The minimum Gasteiger partial charge on any atom is -0.453 e. The topological polar surface area (TPSA) is 101 Å². The Hall–Kier alpha value is -2.50. The number of urea groups is 1. The second-order valence-corrected chi connectivity index (χ2v) is 9.78. The van der Waals surface area contributed by atoms with Gasteiger partial charge >= 0.3 is 12.1 Å². The predicted molar refractivity (Wildman–Crippen MR) is 134 cm³/mol. The van der Waals surface area contributed by atoms with Crippen LogP contribution in [0.15, 0.2) is 18.2 Å². The maximum Gasteiger partial charge on any atom is 0.406 e. The van der Waals surface area contributed by atoms with Crippen molar-refractivity contribution in [3.63, 3.8) is 0 Å². The predicted octanol–water partition coefficient (Wildman–Crippen LogP) is 3.20. The number of likely N-dealkylation sites (N-methyl/N-ethyl adjacent to an activating group) is 1. The van der Waals surface area contributed by atoms with E-state index in [0.29, 0.717) is 31.1 Å².